The molecule has 1 aromatic carbocycles. The van der Waals surface area contributed by atoms with E-state index in [2.05, 4.69) is 0 Å². The minimum Gasteiger partial charge on any atom is -0.480 e. The predicted molar refractivity (Wildman–Crippen MR) is 82.8 cm³/mol. The van der Waals surface area contributed by atoms with E-state index < -0.39 is 28.3 Å². The number of amides is 1. The Bertz CT molecular complexity index is 667. The third-order valence-corrected chi connectivity index (χ3v) is 4.38. The van der Waals surface area contributed by atoms with Gasteiger partial charge in [0.05, 0.1) is 4.90 Å². The summed E-state index contributed by atoms with van der Waals surface area (Å²) in [6.07, 6.45) is 2.24. The first-order valence-corrected chi connectivity index (χ1v) is 8.93. The molecule has 6 nitrogen and oxygen atoms in total. The van der Waals surface area contributed by atoms with Gasteiger partial charge in [0.1, 0.15) is 6.54 Å². The van der Waals surface area contributed by atoms with Crippen LogP contribution in [0.4, 0.5) is 0 Å². The molecule has 22 heavy (non-hydrogen) atoms. The van der Waals surface area contributed by atoms with Crippen LogP contribution in [0.3, 0.4) is 0 Å². The number of carboxylic acid groups (broad SMARTS) is 1. The maximum absolute atomic E-state index is 12.4. The van der Waals surface area contributed by atoms with E-state index in [9.17, 15) is 18.0 Å². The van der Waals surface area contributed by atoms with E-state index in [1.165, 1.54) is 11.0 Å². The molecule has 0 saturated carbocycles. The third kappa shape index (κ3) is 4.56. The molecule has 1 aromatic rings. The fourth-order valence-corrected chi connectivity index (χ4v) is 3.22. The molecule has 0 aliphatic heterocycles. The van der Waals surface area contributed by atoms with Crippen LogP contribution in [-0.2, 0) is 21.1 Å². The number of aryl methyl sites for hydroxylation is 1. The summed E-state index contributed by atoms with van der Waals surface area (Å²) in [7, 11) is -3.45. The number of nitrogens with zero attached hydrogens (tertiary/aromatic N) is 1. The Morgan fingerprint density at radius 3 is 2.32 bits per heavy atom. The molecule has 0 atom stereocenters. The van der Waals surface area contributed by atoms with E-state index in [-0.39, 0.29) is 10.5 Å². The Morgan fingerprint density at radius 1 is 1.23 bits per heavy atom. The number of carbonyl (C=O) groups excluding carboxylic acids is 1. The van der Waals surface area contributed by atoms with Gasteiger partial charge in [-0.1, -0.05) is 19.9 Å². The zero-order valence-electron chi connectivity index (χ0n) is 13.0. The van der Waals surface area contributed by atoms with E-state index >= 15 is 0 Å². The van der Waals surface area contributed by atoms with E-state index in [1.54, 1.807) is 12.1 Å². The van der Waals surface area contributed by atoms with Gasteiger partial charge >= 0.3 is 5.97 Å². The first kappa shape index (κ1) is 18.2. The molecule has 0 radical (unpaired) electrons. The summed E-state index contributed by atoms with van der Waals surface area (Å²) in [5.41, 5.74) is 0.826. The highest BCUT2D eigenvalue weighted by molar-refractivity contribution is 7.90. The summed E-state index contributed by atoms with van der Waals surface area (Å²) in [5.74, 6) is -1.58. The van der Waals surface area contributed by atoms with Crippen molar-refractivity contribution in [3.63, 3.8) is 0 Å². The number of carbonyl (C=O) groups is 2. The van der Waals surface area contributed by atoms with Crippen LogP contribution in [0.2, 0.25) is 0 Å². The van der Waals surface area contributed by atoms with Crippen molar-refractivity contribution >= 4 is 21.7 Å². The van der Waals surface area contributed by atoms with Gasteiger partial charge in [0.2, 0.25) is 0 Å². The van der Waals surface area contributed by atoms with Crippen LogP contribution in [0.1, 0.15) is 36.2 Å². The molecule has 1 N–H and O–H groups in total. The van der Waals surface area contributed by atoms with Gasteiger partial charge in [-0.05, 0) is 30.5 Å². The molecule has 0 heterocycles. The topological polar surface area (TPSA) is 91.8 Å². The summed E-state index contributed by atoms with van der Waals surface area (Å²) in [6.45, 7) is 3.56. The maximum atomic E-state index is 12.4. The van der Waals surface area contributed by atoms with Gasteiger partial charge in [-0.3, -0.25) is 9.59 Å². The Labute approximate surface area is 130 Å². The largest absolute Gasteiger partial charge is 0.480 e. The van der Waals surface area contributed by atoms with E-state index in [1.807, 2.05) is 13.8 Å². The third-order valence-electron chi connectivity index (χ3n) is 3.20. The van der Waals surface area contributed by atoms with Crippen LogP contribution in [0.25, 0.3) is 0 Å². The van der Waals surface area contributed by atoms with Gasteiger partial charge in [0.25, 0.3) is 5.91 Å². The lowest BCUT2D eigenvalue weighted by molar-refractivity contribution is -0.137. The maximum Gasteiger partial charge on any atom is 0.323 e. The number of rotatable bonds is 7. The first-order chi connectivity index (χ1) is 10.2. The summed E-state index contributed by atoms with van der Waals surface area (Å²) in [5, 5.41) is 8.88. The fraction of sp³-hybridized carbons (Fsp3) is 0.467. The molecule has 0 aromatic heterocycles. The zero-order chi connectivity index (χ0) is 16.9. The van der Waals surface area contributed by atoms with Crippen LogP contribution >= 0.6 is 0 Å². The molecular formula is C15H21NO5S. The Morgan fingerprint density at radius 2 is 1.86 bits per heavy atom. The second-order valence-corrected chi connectivity index (χ2v) is 7.05. The minimum absolute atomic E-state index is 0.118. The van der Waals surface area contributed by atoms with Gasteiger partial charge in [-0.25, -0.2) is 8.42 Å². The van der Waals surface area contributed by atoms with Crippen LogP contribution in [0.5, 0.6) is 0 Å². The molecule has 122 valence electrons. The lowest BCUT2D eigenvalue weighted by Gasteiger charge is -2.20. The minimum atomic E-state index is -3.45. The lowest BCUT2D eigenvalue weighted by atomic mass is 10.1. The molecular weight excluding hydrogens is 306 g/mol. The predicted octanol–water partition coefficient (Wildman–Crippen LogP) is 1.59. The highest BCUT2D eigenvalue weighted by Gasteiger charge is 2.21. The van der Waals surface area contributed by atoms with Crippen LogP contribution < -0.4 is 0 Å². The zero-order valence-corrected chi connectivity index (χ0v) is 13.8. The molecule has 0 saturated heterocycles. The number of sulfone groups is 1. The smallest absolute Gasteiger partial charge is 0.323 e. The Balaban J connectivity index is 3.25. The summed E-state index contributed by atoms with van der Waals surface area (Å²) in [6, 6.07) is 4.48. The van der Waals surface area contributed by atoms with Gasteiger partial charge in [-0.15, -0.1) is 0 Å². The van der Waals surface area contributed by atoms with Crippen molar-refractivity contribution in [1.82, 2.24) is 4.90 Å². The highest BCUT2D eigenvalue weighted by Crippen LogP contribution is 2.19. The second kappa shape index (κ2) is 7.40. The second-order valence-electron chi connectivity index (χ2n) is 5.07. The average Bonchev–Trinajstić information content (AvgIpc) is 2.44. The van der Waals surface area contributed by atoms with Gasteiger partial charge in [0, 0.05) is 18.4 Å². The van der Waals surface area contributed by atoms with Crippen molar-refractivity contribution in [2.45, 2.75) is 31.6 Å². The van der Waals surface area contributed by atoms with Gasteiger partial charge < -0.3 is 10.0 Å². The van der Waals surface area contributed by atoms with Crippen molar-refractivity contribution in [3.8, 4) is 0 Å². The monoisotopic (exact) mass is 327 g/mol. The molecule has 1 amide bonds. The quantitative estimate of drug-likeness (QED) is 0.821. The van der Waals surface area contributed by atoms with E-state index in [4.69, 9.17) is 5.11 Å². The number of hydrogen-bond donors (Lipinski definition) is 1. The number of carboxylic acids is 1. The van der Waals surface area contributed by atoms with Crippen LogP contribution in [0.15, 0.2) is 23.1 Å². The van der Waals surface area contributed by atoms with Crippen LogP contribution in [-0.4, -0.2) is 49.6 Å². The van der Waals surface area contributed by atoms with Crippen molar-refractivity contribution in [2.75, 3.05) is 19.3 Å². The molecule has 0 bridgehead atoms. The molecule has 0 aliphatic carbocycles. The molecule has 7 heteroatoms. The summed E-state index contributed by atoms with van der Waals surface area (Å²) >= 11 is 0. The van der Waals surface area contributed by atoms with Crippen molar-refractivity contribution < 1.29 is 23.1 Å². The molecule has 1 rings (SSSR count). The Hall–Kier alpha value is -1.89. The normalized spacial score (nSPS) is 11.2. The summed E-state index contributed by atoms with van der Waals surface area (Å²) < 4.78 is 23.7. The first-order valence-electron chi connectivity index (χ1n) is 7.04. The van der Waals surface area contributed by atoms with Gasteiger partial charge in [-0.2, -0.15) is 0 Å². The van der Waals surface area contributed by atoms with Crippen molar-refractivity contribution in [2.24, 2.45) is 0 Å². The highest BCUT2D eigenvalue weighted by atomic mass is 32.2. The number of aliphatic carboxylic acids is 1. The summed E-state index contributed by atoms with van der Waals surface area (Å²) in [4.78, 5) is 24.6. The van der Waals surface area contributed by atoms with Crippen LogP contribution in [0, 0.1) is 0 Å². The van der Waals surface area contributed by atoms with E-state index in [0.717, 1.165) is 6.26 Å². The molecule has 0 aliphatic rings. The van der Waals surface area contributed by atoms with E-state index in [0.29, 0.717) is 24.9 Å². The molecule has 0 unspecified atom stereocenters. The Kier molecular flexibility index (Phi) is 6.11. The molecule has 0 fully saturated rings. The average molecular weight is 327 g/mol. The standard InChI is InChI=1S/C15H21NO5S/c1-4-8-16(10-14(17)18)15(19)12-7-6-11(5-2)13(9-12)22(3,20)21/h6-7,9H,4-5,8,10H2,1-3H3,(H,17,18). The molecule has 0 spiro atoms. The van der Waals surface area contributed by atoms with Gasteiger partial charge in [0.15, 0.2) is 9.84 Å². The SMILES string of the molecule is CCCN(CC(=O)O)C(=O)c1ccc(CC)c(S(C)(=O)=O)c1. The van der Waals surface area contributed by atoms with Crippen molar-refractivity contribution in [3.05, 3.63) is 29.3 Å². The number of benzene rings is 1. The van der Waals surface area contributed by atoms with Crippen molar-refractivity contribution in [1.29, 1.82) is 0 Å². The number of hydrogen-bond acceptors (Lipinski definition) is 4. The lowest BCUT2D eigenvalue weighted by Crippen LogP contribution is -2.36. The fourth-order valence-electron chi connectivity index (χ4n) is 2.19.